The predicted molar refractivity (Wildman–Crippen MR) is 124 cm³/mol. The van der Waals surface area contributed by atoms with Gasteiger partial charge in [0.25, 0.3) is 11.5 Å². The molecule has 1 amide bonds. The van der Waals surface area contributed by atoms with E-state index in [0.717, 1.165) is 15.7 Å². The molecular formula is C25H23N3O6. The van der Waals surface area contributed by atoms with Crippen LogP contribution in [0.25, 0.3) is 5.65 Å². The molecule has 0 saturated heterocycles. The smallest absolute Gasteiger partial charge is 0.338 e. The summed E-state index contributed by atoms with van der Waals surface area (Å²) < 4.78 is 17.2. The fraction of sp³-hybridized carbons (Fsp3) is 0.200. The zero-order valence-electron chi connectivity index (χ0n) is 19.0. The number of amides is 1. The van der Waals surface area contributed by atoms with Gasteiger partial charge >= 0.3 is 5.97 Å². The van der Waals surface area contributed by atoms with Crippen LogP contribution in [0.15, 0.2) is 63.9 Å². The number of ether oxygens (including phenoxy) is 2. The van der Waals surface area contributed by atoms with Crippen LogP contribution in [-0.4, -0.2) is 28.0 Å². The second-order valence-electron chi connectivity index (χ2n) is 7.79. The van der Waals surface area contributed by atoms with Crippen LogP contribution in [0.1, 0.15) is 32.9 Å². The number of nitrogens with zero attached hydrogens (tertiary/aromatic N) is 2. The number of rotatable bonds is 7. The van der Waals surface area contributed by atoms with E-state index in [1.54, 1.807) is 31.2 Å². The number of aryl methyl sites for hydroxylation is 3. The fourth-order valence-electron chi connectivity index (χ4n) is 3.30. The summed E-state index contributed by atoms with van der Waals surface area (Å²) in [6, 6.07) is 15.1. The van der Waals surface area contributed by atoms with Crippen molar-refractivity contribution in [3.05, 3.63) is 93.1 Å². The van der Waals surface area contributed by atoms with Crippen molar-refractivity contribution in [2.24, 2.45) is 0 Å². The number of anilines is 1. The quantitative estimate of drug-likeness (QED) is 0.419. The van der Waals surface area contributed by atoms with Crippen molar-refractivity contribution in [1.82, 2.24) is 9.56 Å². The number of benzene rings is 2. The van der Waals surface area contributed by atoms with Crippen molar-refractivity contribution in [2.75, 3.05) is 11.9 Å². The highest BCUT2D eigenvalue weighted by atomic mass is 16.5. The van der Waals surface area contributed by atoms with Crippen LogP contribution in [-0.2, 0) is 16.1 Å². The Hall–Kier alpha value is -4.40. The number of hydrogen-bond donors (Lipinski definition) is 1. The molecule has 34 heavy (non-hydrogen) atoms. The largest absolute Gasteiger partial charge is 0.483 e. The second-order valence-corrected chi connectivity index (χ2v) is 7.79. The molecule has 0 unspecified atom stereocenters. The Morgan fingerprint density at radius 2 is 1.82 bits per heavy atom. The third-order valence-electron chi connectivity index (χ3n) is 5.07. The monoisotopic (exact) mass is 461 g/mol. The molecule has 2 heterocycles. The van der Waals surface area contributed by atoms with Crippen LogP contribution in [0.4, 0.5) is 5.69 Å². The minimum atomic E-state index is -0.614. The van der Waals surface area contributed by atoms with Crippen LogP contribution >= 0.6 is 0 Å². The van der Waals surface area contributed by atoms with Gasteiger partial charge in [0.05, 0.1) is 11.3 Å². The average Bonchev–Trinajstić information content (AvgIpc) is 3.19. The maximum Gasteiger partial charge on any atom is 0.338 e. The van der Waals surface area contributed by atoms with E-state index >= 15 is 0 Å². The van der Waals surface area contributed by atoms with Gasteiger partial charge in [0, 0.05) is 17.8 Å². The normalized spacial score (nSPS) is 10.8. The molecule has 174 valence electrons. The van der Waals surface area contributed by atoms with Gasteiger partial charge in [0.15, 0.2) is 12.3 Å². The summed E-state index contributed by atoms with van der Waals surface area (Å²) >= 11 is 0. The van der Waals surface area contributed by atoms with E-state index < -0.39 is 11.5 Å². The molecule has 0 aliphatic heterocycles. The number of esters is 1. The molecule has 2 aromatic heterocycles. The predicted octanol–water partition coefficient (Wildman–Crippen LogP) is 3.59. The molecule has 1 N–H and O–H groups in total. The number of hydrogen-bond acceptors (Lipinski definition) is 7. The number of carbonyl (C=O) groups excluding carboxylic acids is 2. The first-order valence-corrected chi connectivity index (χ1v) is 10.6. The van der Waals surface area contributed by atoms with Gasteiger partial charge in [-0.2, -0.15) is 0 Å². The van der Waals surface area contributed by atoms with Crippen LogP contribution in [0, 0.1) is 20.8 Å². The standard InChI is InChI=1S/C25H23N3O6/c1-15-8-9-18(11-20(15)27-23(29)14-32-21-7-5-4-6-16(21)2)25(31)33-13-19-12-24(30)28-22(26-19)10-17(3)34-28/h4-12H,13-14H2,1-3H3,(H,27,29). The van der Waals surface area contributed by atoms with Crippen LogP contribution in [0.2, 0.25) is 0 Å². The summed E-state index contributed by atoms with van der Waals surface area (Å²) in [6.07, 6.45) is 0. The summed E-state index contributed by atoms with van der Waals surface area (Å²) in [7, 11) is 0. The Labute approximate surface area is 194 Å². The lowest BCUT2D eigenvalue weighted by Gasteiger charge is -2.12. The Balaban J connectivity index is 1.40. The number of fused-ring (bicyclic) bond motifs is 1. The van der Waals surface area contributed by atoms with E-state index in [9.17, 15) is 14.4 Å². The van der Waals surface area contributed by atoms with Gasteiger partial charge in [-0.15, -0.1) is 4.57 Å². The first-order valence-electron chi connectivity index (χ1n) is 10.6. The maximum atomic E-state index is 12.6. The van der Waals surface area contributed by atoms with Crippen molar-refractivity contribution < 1.29 is 23.6 Å². The topological polar surface area (TPSA) is 112 Å². The van der Waals surface area contributed by atoms with Gasteiger partial charge in [-0.1, -0.05) is 24.3 Å². The van der Waals surface area contributed by atoms with Crippen LogP contribution < -0.4 is 15.6 Å². The molecule has 9 nitrogen and oxygen atoms in total. The maximum absolute atomic E-state index is 12.6. The molecule has 4 rings (SSSR count). The average molecular weight is 461 g/mol. The number of nitrogens with one attached hydrogen (secondary N) is 1. The third-order valence-corrected chi connectivity index (χ3v) is 5.07. The zero-order valence-corrected chi connectivity index (χ0v) is 19.0. The summed E-state index contributed by atoms with van der Waals surface area (Å²) in [5, 5.41) is 2.76. The van der Waals surface area contributed by atoms with Gasteiger partial charge in [-0.3, -0.25) is 9.59 Å². The third kappa shape index (κ3) is 5.15. The minimum Gasteiger partial charge on any atom is -0.483 e. The van der Waals surface area contributed by atoms with E-state index in [-0.39, 0.29) is 24.7 Å². The van der Waals surface area contributed by atoms with Crippen molar-refractivity contribution in [3.8, 4) is 5.75 Å². The van der Waals surface area contributed by atoms with E-state index in [0.29, 0.717) is 28.5 Å². The highest BCUT2D eigenvalue weighted by molar-refractivity contribution is 5.96. The van der Waals surface area contributed by atoms with E-state index in [1.165, 1.54) is 12.1 Å². The Bertz CT molecular complexity index is 1440. The van der Waals surface area contributed by atoms with E-state index in [4.69, 9.17) is 14.0 Å². The lowest BCUT2D eigenvalue weighted by atomic mass is 10.1. The van der Waals surface area contributed by atoms with Crippen LogP contribution in [0.5, 0.6) is 5.75 Å². The highest BCUT2D eigenvalue weighted by Crippen LogP contribution is 2.19. The molecule has 9 heteroatoms. The zero-order chi connectivity index (χ0) is 24.2. The first-order chi connectivity index (χ1) is 16.3. The molecule has 0 radical (unpaired) electrons. The summed E-state index contributed by atoms with van der Waals surface area (Å²) in [4.78, 5) is 41.3. The lowest BCUT2D eigenvalue weighted by molar-refractivity contribution is -0.118. The lowest BCUT2D eigenvalue weighted by Crippen LogP contribution is -2.21. The van der Waals surface area contributed by atoms with E-state index in [1.807, 2.05) is 32.0 Å². The molecule has 4 aromatic rings. The van der Waals surface area contributed by atoms with Crippen molar-refractivity contribution in [1.29, 1.82) is 0 Å². The number of carbonyl (C=O) groups is 2. The van der Waals surface area contributed by atoms with Gasteiger partial charge in [0.2, 0.25) is 0 Å². The van der Waals surface area contributed by atoms with Crippen molar-refractivity contribution in [3.63, 3.8) is 0 Å². The van der Waals surface area contributed by atoms with Gasteiger partial charge in [-0.25, -0.2) is 9.78 Å². The molecule has 0 spiro atoms. The van der Waals surface area contributed by atoms with E-state index in [2.05, 4.69) is 10.3 Å². The van der Waals surface area contributed by atoms with Gasteiger partial charge in [-0.05, 0) is 50.1 Å². The van der Waals surface area contributed by atoms with Crippen molar-refractivity contribution >= 4 is 23.2 Å². The minimum absolute atomic E-state index is 0.170. The Morgan fingerprint density at radius 1 is 1.03 bits per heavy atom. The van der Waals surface area contributed by atoms with Gasteiger partial charge in [0.1, 0.15) is 18.1 Å². The highest BCUT2D eigenvalue weighted by Gasteiger charge is 2.14. The molecule has 0 atom stereocenters. The Kier molecular flexibility index (Phi) is 6.44. The van der Waals surface area contributed by atoms with Gasteiger partial charge < -0.3 is 19.3 Å². The summed E-state index contributed by atoms with van der Waals surface area (Å²) in [5.74, 6) is 0.197. The fourth-order valence-corrected chi connectivity index (χ4v) is 3.30. The number of para-hydroxylation sites is 1. The molecule has 0 aliphatic carbocycles. The number of aromatic nitrogens is 2. The first kappa shape index (κ1) is 22.8. The van der Waals surface area contributed by atoms with Crippen LogP contribution in [0.3, 0.4) is 0 Å². The molecule has 0 aliphatic rings. The SMILES string of the molecule is Cc1cc2nc(COC(=O)c3ccc(C)c(NC(=O)COc4ccccc4C)c3)cc(=O)n2o1. The second kappa shape index (κ2) is 9.62. The molecule has 0 saturated carbocycles. The summed E-state index contributed by atoms with van der Waals surface area (Å²) in [6.45, 7) is 5.06. The molecule has 0 bridgehead atoms. The molecule has 2 aromatic carbocycles. The molecular weight excluding hydrogens is 438 g/mol. The Morgan fingerprint density at radius 3 is 2.62 bits per heavy atom. The summed E-state index contributed by atoms with van der Waals surface area (Å²) in [5.41, 5.74) is 2.65. The molecule has 0 fully saturated rings. The van der Waals surface area contributed by atoms with Crippen molar-refractivity contribution in [2.45, 2.75) is 27.4 Å².